The topological polar surface area (TPSA) is 71.5 Å². The number of anilines is 1. The molecule has 1 aliphatic rings. The molecule has 154 valence electrons. The van der Waals surface area contributed by atoms with E-state index >= 15 is 0 Å². The minimum absolute atomic E-state index is 0.107. The van der Waals surface area contributed by atoms with E-state index in [1.165, 1.54) is 23.2 Å². The van der Waals surface area contributed by atoms with Gasteiger partial charge in [-0.1, -0.05) is 30.3 Å². The molecule has 1 fully saturated rings. The van der Waals surface area contributed by atoms with E-state index in [-0.39, 0.29) is 17.5 Å². The van der Waals surface area contributed by atoms with E-state index < -0.39 is 24.7 Å². The zero-order chi connectivity index (χ0) is 20.9. The molecule has 6 nitrogen and oxygen atoms in total. The van der Waals surface area contributed by atoms with Crippen molar-refractivity contribution in [2.75, 3.05) is 18.5 Å². The van der Waals surface area contributed by atoms with Crippen LogP contribution in [0.4, 0.5) is 18.9 Å². The number of nitrogens with zero attached hydrogens (tertiary/aromatic N) is 2. The summed E-state index contributed by atoms with van der Waals surface area (Å²) in [6.07, 6.45) is -1.30. The number of alkyl halides is 3. The average Bonchev–Trinajstić information content (AvgIpc) is 2.69. The number of amides is 2. The first-order valence-electron chi connectivity index (χ1n) is 9.14. The lowest BCUT2D eigenvalue weighted by molar-refractivity contribution is -0.154. The van der Waals surface area contributed by atoms with Gasteiger partial charge in [-0.05, 0) is 24.5 Å². The standard InChI is InChI=1S/C20H20F3N3O3/c21-20(22,23)13-29-16-12-15(9-10-24-16)25-19(28)18(14-6-2-1-3-7-14)26-11-5-4-8-17(26)27/h1-3,6-7,9-10,12,18H,4-5,8,11,13H2,(H,24,25,28)/t18-/m0/s1. The summed E-state index contributed by atoms with van der Waals surface area (Å²) in [6, 6.07) is 10.7. The molecule has 3 rings (SSSR count). The maximum Gasteiger partial charge on any atom is 0.422 e. The minimum atomic E-state index is -4.49. The van der Waals surface area contributed by atoms with Gasteiger partial charge in [-0.2, -0.15) is 13.2 Å². The first-order chi connectivity index (χ1) is 13.8. The van der Waals surface area contributed by atoms with Crippen LogP contribution in [0.5, 0.6) is 5.88 Å². The van der Waals surface area contributed by atoms with Crippen LogP contribution in [0.3, 0.4) is 0 Å². The number of piperidine rings is 1. The molecule has 0 saturated carbocycles. The van der Waals surface area contributed by atoms with Gasteiger partial charge in [0, 0.05) is 30.9 Å². The Labute approximate surface area is 165 Å². The third-order valence-electron chi connectivity index (χ3n) is 4.42. The quantitative estimate of drug-likeness (QED) is 0.793. The number of hydrogen-bond donors (Lipinski definition) is 1. The molecule has 1 aromatic heterocycles. The number of hydrogen-bond acceptors (Lipinski definition) is 4. The van der Waals surface area contributed by atoms with Crippen molar-refractivity contribution in [1.29, 1.82) is 0 Å². The van der Waals surface area contributed by atoms with Crippen molar-refractivity contribution in [1.82, 2.24) is 9.88 Å². The summed E-state index contributed by atoms with van der Waals surface area (Å²) < 4.78 is 41.6. The van der Waals surface area contributed by atoms with Crippen LogP contribution in [0, 0.1) is 0 Å². The van der Waals surface area contributed by atoms with Crippen molar-refractivity contribution in [3.63, 3.8) is 0 Å². The second-order valence-corrected chi connectivity index (χ2v) is 6.63. The van der Waals surface area contributed by atoms with Crippen LogP contribution in [0.25, 0.3) is 0 Å². The fourth-order valence-corrected chi connectivity index (χ4v) is 3.14. The maximum absolute atomic E-state index is 13.0. The number of carbonyl (C=O) groups excluding carboxylic acids is 2. The van der Waals surface area contributed by atoms with Crippen molar-refractivity contribution in [2.24, 2.45) is 0 Å². The SMILES string of the molecule is O=C(Nc1ccnc(OCC(F)(F)F)c1)[C@H](c1ccccc1)N1CCCCC1=O. The zero-order valence-electron chi connectivity index (χ0n) is 15.5. The average molecular weight is 407 g/mol. The number of likely N-dealkylation sites (tertiary alicyclic amines) is 1. The van der Waals surface area contributed by atoms with E-state index in [0.717, 1.165) is 12.8 Å². The number of rotatable bonds is 6. The normalized spacial score (nSPS) is 15.7. The maximum atomic E-state index is 13.0. The smallest absolute Gasteiger partial charge is 0.422 e. The molecule has 1 aromatic carbocycles. The number of halogens is 3. The molecule has 0 spiro atoms. The molecule has 2 aromatic rings. The number of carbonyl (C=O) groups is 2. The predicted octanol–water partition coefficient (Wildman–Crippen LogP) is 3.72. The summed E-state index contributed by atoms with van der Waals surface area (Å²) in [5, 5.41) is 2.66. The number of nitrogens with one attached hydrogen (secondary N) is 1. The number of pyridine rings is 1. The lowest BCUT2D eigenvalue weighted by Gasteiger charge is -2.34. The molecule has 9 heteroatoms. The van der Waals surface area contributed by atoms with Crippen molar-refractivity contribution < 1.29 is 27.5 Å². The summed E-state index contributed by atoms with van der Waals surface area (Å²) in [5.41, 5.74) is 0.885. The van der Waals surface area contributed by atoms with Crippen LogP contribution in [-0.4, -0.2) is 41.0 Å². The van der Waals surface area contributed by atoms with E-state index in [2.05, 4.69) is 15.0 Å². The molecule has 0 radical (unpaired) electrons. The molecule has 0 bridgehead atoms. The van der Waals surface area contributed by atoms with E-state index in [1.54, 1.807) is 24.3 Å². The monoisotopic (exact) mass is 407 g/mol. The Morgan fingerprint density at radius 3 is 2.66 bits per heavy atom. The van der Waals surface area contributed by atoms with Gasteiger partial charge >= 0.3 is 6.18 Å². The van der Waals surface area contributed by atoms with Crippen molar-refractivity contribution >= 4 is 17.5 Å². The fraction of sp³-hybridized carbons (Fsp3) is 0.350. The van der Waals surface area contributed by atoms with E-state index in [0.29, 0.717) is 18.5 Å². The lowest BCUT2D eigenvalue weighted by atomic mass is 10.0. The molecule has 2 heterocycles. The highest BCUT2D eigenvalue weighted by atomic mass is 19.4. The minimum Gasteiger partial charge on any atom is -0.468 e. The summed E-state index contributed by atoms with van der Waals surface area (Å²) in [7, 11) is 0. The Hall–Kier alpha value is -3.10. The number of benzene rings is 1. The van der Waals surface area contributed by atoms with Gasteiger partial charge in [0.2, 0.25) is 11.8 Å². The van der Waals surface area contributed by atoms with Crippen molar-refractivity contribution in [3.8, 4) is 5.88 Å². The van der Waals surface area contributed by atoms with Gasteiger partial charge in [0.1, 0.15) is 6.04 Å². The molecule has 1 atom stereocenters. The molecule has 0 unspecified atom stereocenters. The van der Waals surface area contributed by atoms with Crippen LogP contribution in [0.1, 0.15) is 30.9 Å². The van der Waals surface area contributed by atoms with Crippen LogP contribution in [-0.2, 0) is 9.59 Å². The highest BCUT2D eigenvalue weighted by Gasteiger charge is 2.33. The van der Waals surface area contributed by atoms with Crippen molar-refractivity contribution in [3.05, 3.63) is 54.2 Å². The Kier molecular flexibility index (Phi) is 6.36. The first kappa shape index (κ1) is 20.6. The summed E-state index contributed by atoms with van der Waals surface area (Å²) in [6.45, 7) is -1.02. The van der Waals surface area contributed by atoms with Crippen LogP contribution in [0.15, 0.2) is 48.7 Å². The first-order valence-corrected chi connectivity index (χ1v) is 9.14. The van der Waals surface area contributed by atoms with E-state index in [1.807, 2.05) is 6.07 Å². The zero-order valence-corrected chi connectivity index (χ0v) is 15.5. The van der Waals surface area contributed by atoms with Gasteiger partial charge in [0.15, 0.2) is 6.61 Å². The number of aromatic nitrogens is 1. The van der Waals surface area contributed by atoms with Gasteiger partial charge < -0.3 is 15.0 Å². The van der Waals surface area contributed by atoms with Gasteiger partial charge in [-0.3, -0.25) is 9.59 Å². The van der Waals surface area contributed by atoms with Crippen LogP contribution in [0.2, 0.25) is 0 Å². The third kappa shape index (κ3) is 5.69. The van der Waals surface area contributed by atoms with Gasteiger partial charge in [-0.15, -0.1) is 0 Å². The molecule has 1 saturated heterocycles. The second kappa shape index (κ2) is 8.93. The summed E-state index contributed by atoms with van der Waals surface area (Å²) in [5.74, 6) is -0.825. The molecule has 1 aliphatic heterocycles. The highest BCUT2D eigenvalue weighted by molar-refractivity contribution is 5.98. The van der Waals surface area contributed by atoms with E-state index in [4.69, 9.17) is 0 Å². The van der Waals surface area contributed by atoms with Gasteiger partial charge in [0.05, 0.1) is 0 Å². The van der Waals surface area contributed by atoms with Crippen LogP contribution >= 0.6 is 0 Å². The largest absolute Gasteiger partial charge is 0.468 e. The van der Waals surface area contributed by atoms with Crippen molar-refractivity contribution in [2.45, 2.75) is 31.5 Å². The predicted molar refractivity (Wildman–Crippen MR) is 99.2 cm³/mol. The lowest BCUT2D eigenvalue weighted by Crippen LogP contribution is -2.43. The second-order valence-electron chi connectivity index (χ2n) is 6.63. The fourth-order valence-electron chi connectivity index (χ4n) is 3.14. The van der Waals surface area contributed by atoms with E-state index in [9.17, 15) is 22.8 Å². The molecule has 29 heavy (non-hydrogen) atoms. The molecular weight excluding hydrogens is 387 g/mol. The third-order valence-corrected chi connectivity index (χ3v) is 4.42. The summed E-state index contributed by atoms with van der Waals surface area (Å²) >= 11 is 0. The Balaban J connectivity index is 1.79. The molecule has 0 aliphatic carbocycles. The Bertz CT molecular complexity index is 859. The number of ether oxygens (including phenoxy) is 1. The molecule has 1 N–H and O–H groups in total. The van der Waals surface area contributed by atoms with Crippen LogP contribution < -0.4 is 10.1 Å². The Morgan fingerprint density at radius 1 is 1.21 bits per heavy atom. The molecular formula is C20H20F3N3O3. The van der Waals surface area contributed by atoms with Gasteiger partial charge in [-0.25, -0.2) is 4.98 Å². The highest BCUT2D eigenvalue weighted by Crippen LogP contribution is 2.27. The summed E-state index contributed by atoms with van der Waals surface area (Å²) in [4.78, 5) is 30.7. The molecule has 2 amide bonds. The van der Waals surface area contributed by atoms with Gasteiger partial charge in [0.25, 0.3) is 5.91 Å². The Morgan fingerprint density at radius 2 is 1.97 bits per heavy atom.